The fourth-order valence-corrected chi connectivity index (χ4v) is 4.32. The molecule has 2 fully saturated rings. The Labute approximate surface area is 139 Å². The van der Waals surface area contributed by atoms with Gasteiger partial charge in [-0.2, -0.15) is 5.10 Å². The zero-order valence-electron chi connectivity index (χ0n) is 13.0. The maximum Gasteiger partial charge on any atom is 0.244 e. The summed E-state index contributed by atoms with van der Waals surface area (Å²) in [6.45, 7) is 3.06. The molecule has 3 heterocycles. The molecule has 1 unspecified atom stereocenters. The molecule has 2 aromatic heterocycles. The van der Waals surface area contributed by atoms with Crippen LogP contribution in [0.25, 0.3) is 0 Å². The lowest BCUT2D eigenvalue weighted by atomic mass is 9.93. The van der Waals surface area contributed by atoms with Gasteiger partial charge < -0.3 is 10.2 Å². The Morgan fingerprint density at radius 1 is 1.43 bits per heavy atom. The van der Waals surface area contributed by atoms with Gasteiger partial charge in [-0.3, -0.25) is 9.48 Å². The Morgan fingerprint density at radius 2 is 2.30 bits per heavy atom. The molecular weight excluding hydrogens is 310 g/mol. The standard InChI is InChI=1S/C16H21N5OS/c22-15(12-20-8-1-4-19-20)21(11-14-18-7-9-23-14)13-10-16(13)2-5-17-6-3-16/h1,4,7-9,13,17H,2-3,5-6,10-12H2. The van der Waals surface area contributed by atoms with Crippen LogP contribution in [0.1, 0.15) is 24.3 Å². The average Bonchev–Trinajstić information content (AvgIpc) is 2.99. The van der Waals surface area contributed by atoms with Crippen LogP contribution in [-0.4, -0.2) is 44.7 Å². The van der Waals surface area contributed by atoms with Crippen molar-refractivity contribution in [2.45, 2.75) is 38.4 Å². The Bertz CT molecular complexity index is 648. The predicted octanol–water partition coefficient (Wildman–Crippen LogP) is 1.51. The number of amides is 1. The van der Waals surface area contributed by atoms with E-state index in [1.165, 1.54) is 12.8 Å². The summed E-state index contributed by atoms with van der Waals surface area (Å²) < 4.78 is 1.70. The number of aromatic nitrogens is 3. The third kappa shape index (κ3) is 3.03. The number of piperidine rings is 1. The van der Waals surface area contributed by atoms with Crippen LogP contribution in [0.5, 0.6) is 0 Å². The molecule has 0 aromatic carbocycles. The van der Waals surface area contributed by atoms with Gasteiger partial charge >= 0.3 is 0 Å². The average molecular weight is 331 g/mol. The molecule has 0 bridgehead atoms. The van der Waals surface area contributed by atoms with Crippen LogP contribution in [0, 0.1) is 5.41 Å². The second kappa shape index (κ2) is 6.05. The Hall–Kier alpha value is -1.73. The van der Waals surface area contributed by atoms with Gasteiger partial charge in [-0.05, 0) is 43.8 Å². The van der Waals surface area contributed by atoms with Gasteiger partial charge in [0.1, 0.15) is 11.6 Å². The van der Waals surface area contributed by atoms with E-state index in [0.717, 1.165) is 24.5 Å². The van der Waals surface area contributed by atoms with Crippen LogP contribution in [0.2, 0.25) is 0 Å². The van der Waals surface area contributed by atoms with E-state index < -0.39 is 0 Å². The Balaban J connectivity index is 1.51. The summed E-state index contributed by atoms with van der Waals surface area (Å²) in [4.78, 5) is 19.3. The normalized spacial score (nSPS) is 22.2. The number of hydrogen-bond donors (Lipinski definition) is 1. The zero-order chi connectivity index (χ0) is 15.7. The van der Waals surface area contributed by atoms with Crippen molar-refractivity contribution in [1.29, 1.82) is 0 Å². The van der Waals surface area contributed by atoms with Gasteiger partial charge in [0, 0.05) is 30.0 Å². The molecule has 2 aliphatic rings. The number of nitrogens with one attached hydrogen (secondary N) is 1. The first-order chi connectivity index (χ1) is 11.3. The highest BCUT2D eigenvalue weighted by molar-refractivity contribution is 7.09. The highest BCUT2D eigenvalue weighted by atomic mass is 32.1. The van der Waals surface area contributed by atoms with Gasteiger partial charge in [-0.15, -0.1) is 11.3 Å². The van der Waals surface area contributed by atoms with E-state index in [4.69, 9.17) is 0 Å². The van der Waals surface area contributed by atoms with Crippen molar-refractivity contribution in [3.05, 3.63) is 35.0 Å². The van der Waals surface area contributed by atoms with Gasteiger partial charge in [0.15, 0.2) is 0 Å². The fourth-order valence-electron chi connectivity index (χ4n) is 3.70. The lowest BCUT2D eigenvalue weighted by Crippen LogP contribution is -2.40. The van der Waals surface area contributed by atoms with Gasteiger partial charge in [0.05, 0.1) is 6.54 Å². The van der Waals surface area contributed by atoms with E-state index in [0.29, 0.717) is 24.5 Å². The second-order valence-corrected chi connectivity index (χ2v) is 7.46. The molecule has 4 rings (SSSR count). The first-order valence-electron chi connectivity index (χ1n) is 8.13. The molecule has 6 nitrogen and oxygen atoms in total. The predicted molar refractivity (Wildman–Crippen MR) is 87.8 cm³/mol. The summed E-state index contributed by atoms with van der Waals surface area (Å²) in [5, 5.41) is 10.6. The molecule has 1 N–H and O–H groups in total. The molecule has 1 atom stereocenters. The summed E-state index contributed by atoms with van der Waals surface area (Å²) in [7, 11) is 0. The van der Waals surface area contributed by atoms with E-state index in [1.807, 2.05) is 28.7 Å². The highest BCUT2D eigenvalue weighted by Crippen LogP contribution is 2.56. The van der Waals surface area contributed by atoms with Crippen LogP contribution in [0.15, 0.2) is 30.0 Å². The molecular formula is C16H21N5OS. The topological polar surface area (TPSA) is 63.1 Å². The quantitative estimate of drug-likeness (QED) is 0.902. The van der Waals surface area contributed by atoms with Gasteiger partial charge in [-0.1, -0.05) is 0 Å². The minimum absolute atomic E-state index is 0.143. The van der Waals surface area contributed by atoms with E-state index in [1.54, 1.807) is 22.2 Å². The largest absolute Gasteiger partial charge is 0.331 e. The lowest BCUT2D eigenvalue weighted by Gasteiger charge is -2.29. The van der Waals surface area contributed by atoms with E-state index >= 15 is 0 Å². The number of thiazole rings is 1. The van der Waals surface area contributed by atoms with Gasteiger partial charge in [0.25, 0.3) is 0 Å². The zero-order valence-corrected chi connectivity index (χ0v) is 13.8. The van der Waals surface area contributed by atoms with Crippen molar-refractivity contribution in [2.75, 3.05) is 13.1 Å². The number of carbonyl (C=O) groups excluding carboxylic acids is 1. The fraction of sp³-hybridized carbons (Fsp3) is 0.562. The molecule has 1 aliphatic carbocycles. The van der Waals surface area contributed by atoms with Crippen LogP contribution in [0.4, 0.5) is 0 Å². The highest BCUT2D eigenvalue weighted by Gasteiger charge is 2.57. The molecule has 0 radical (unpaired) electrons. The summed E-state index contributed by atoms with van der Waals surface area (Å²) in [5.41, 5.74) is 0.336. The van der Waals surface area contributed by atoms with Crippen LogP contribution in [-0.2, 0) is 17.9 Å². The molecule has 7 heteroatoms. The Morgan fingerprint density at radius 3 is 3.00 bits per heavy atom. The van der Waals surface area contributed by atoms with Gasteiger partial charge in [0.2, 0.25) is 5.91 Å². The molecule has 23 heavy (non-hydrogen) atoms. The minimum atomic E-state index is 0.143. The van der Waals surface area contributed by atoms with Crippen LogP contribution in [0.3, 0.4) is 0 Å². The molecule has 1 spiro atoms. The first-order valence-corrected chi connectivity index (χ1v) is 9.01. The summed E-state index contributed by atoms with van der Waals surface area (Å²) in [6.07, 6.45) is 8.83. The number of carbonyl (C=O) groups is 1. The van der Waals surface area contributed by atoms with Gasteiger partial charge in [-0.25, -0.2) is 4.98 Å². The minimum Gasteiger partial charge on any atom is -0.331 e. The van der Waals surface area contributed by atoms with Crippen molar-refractivity contribution in [3.63, 3.8) is 0 Å². The number of hydrogen-bond acceptors (Lipinski definition) is 5. The third-order valence-electron chi connectivity index (χ3n) is 5.09. The maximum absolute atomic E-state index is 12.9. The molecule has 1 saturated heterocycles. The van der Waals surface area contributed by atoms with Crippen molar-refractivity contribution in [1.82, 2.24) is 25.0 Å². The number of rotatable bonds is 5. The lowest BCUT2D eigenvalue weighted by molar-refractivity contribution is -0.134. The molecule has 2 aromatic rings. The second-order valence-electron chi connectivity index (χ2n) is 6.48. The third-order valence-corrected chi connectivity index (χ3v) is 5.85. The van der Waals surface area contributed by atoms with Crippen molar-refractivity contribution < 1.29 is 4.79 Å². The van der Waals surface area contributed by atoms with Crippen LogP contribution < -0.4 is 5.32 Å². The van der Waals surface area contributed by atoms with Crippen molar-refractivity contribution in [3.8, 4) is 0 Å². The maximum atomic E-state index is 12.9. The molecule has 1 amide bonds. The molecule has 122 valence electrons. The van der Waals surface area contributed by atoms with E-state index in [9.17, 15) is 4.79 Å². The molecule has 1 aliphatic heterocycles. The summed E-state index contributed by atoms with van der Waals surface area (Å²) in [5.74, 6) is 0.143. The van der Waals surface area contributed by atoms with E-state index in [2.05, 4.69) is 15.4 Å². The van der Waals surface area contributed by atoms with E-state index in [-0.39, 0.29) is 5.91 Å². The monoisotopic (exact) mass is 331 g/mol. The molecule has 1 saturated carbocycles. The summed E-state index contributed by atoms with van der Waals surface area (Å²) in [6, 6.07) is 2.21. The summed E-state index contributed by atoms with van der Waals surface area (Å²) >= 11 is 1.62. The Kier molecular flexibility index (Phi) is 3.90. The first kappa shape index (κ1) is 14.8. The SMILES string of the molecule is O=C(Cn1cccn1)N(Cc1nccs1)C1CC12CCNCC2. The van der Waals surface area contributed by atoms with Crippen LogP contribution >= 0.6 is 11.3 Å². The smallest absolute Gasteiger partial charge is 0.244 e. The van der Waals surface area contributed by atoms with Crippen molar-refractivity contribution in [2.24, 2.45) is 5.41 Å². The number of nitrogens with zero attached hydrogens (tertiary/aromatic N) is 4. The van der Waals surface area contributed by atoms with Crippen molar-refractivity contribution >= 4 is 17.2 Å².